The zero-order valence-electron chi connectivity index (χ0n) is 7.58. The predicted octanol–water partition coefficient (Wildman–Crippen LogP) is 1.78. The van der Waals surface area contributed by atoms with Gasteiger partial charge >= 0.3 is 0 Å². The average molecular weight is 168 g/mol. The first kappa shape index (κ1) is 8.24. The molecule has 0 N–H and O–H groups in total. The molecule has 0 unspecified atom stereocenters. The summed E-state index contributed by atoms with van der Waals surface area (Å²) in [4.78, 5) is 11.1. The predicted molar refractivity (Wildman–Crippen MR) is 45.9 cm³/mol. The van der Waals surface area contributed by atoms with E-state index in [9.17, 15) is 4.79 Å². The summed E-state index contributed by atoms with van der Waals surface area (Å²) >= 11 is 0. The topological polar surface area (TPSA) is 26.3 Å². The Labute approximate surface area is 73.3 Å². The molecule has 0 bridgehead atoms. The SMILES string of the molecule is CCO[C@H]1C[C@H]2CC(=O)C[C@H]2C1. The van der Waals surface area contributed by atoms with Crippen molar-refractivity contribution < 1.29 is 9.53 Å². The Hall–Kier alpha value is -0.370. The van der Waals surface area contributed by atoms with E-state index >= 15 is 0 Å². The third kappa shape index (κ3) is 1.40. The van der Waals surface area contributed by atoms with Gasteiger partial charge in [-0.05, 0) is 31.6 Å². The van der Waals surface area contributed by atoms with E-state index in [4.69, 9.17) is 4.74 Å². The highest BCUT2D eigenvalue weighted by molar-refractivity contribution is 5.81. The van der Waals surface area contributed by atoms with E-state index in [1.165, 1.54) is 0 Å². The van der Waals surface area contributed by atoms with Crippen molar-refractivity contribution in [3.8, 4) is 0 Å². The van der Waals surface area contributed by atoms with Crippen molar-refractivity contribution >= 4 is 5.78 Å². The quantitative estimate of drug-likeness (QED) is 0.628. The van der Waals surface area contributed by atoms with E-state index in [0.29, 0.717) is 23.7 Å². The number of Topliss-reactive ketones (excluding diaryl/α,β-unsaturated/α-hetero) is 1. The van der Waals surface area contributed by atoms with Crippen molar-refractivity contribution in [2.24, 2.45) is 11.8 Å². The normalized spacial score (nSPS) is 40.4. The van der Waals surface area contributed by atoms with Crippen molar-refractivity contribution in [2.45, 2.75) is 38.7 Å². The molecule has 68 valence electrons. The second-order valence-corrected chi connectivity index (χ2v) is 4.02. The summed E-state index contributed by atoms with van der Waals surface area (Å²) < 4.78 is 5.56. The molecule has 2 heteroatoms. The number of ketones is 1. The van der Waals surface area contributed by atoms with Crippen LogP contribution in [0.15, 0.2) is 0 Å². The van der Waals surface area contributed by atoms with Gasteiger partial charge in [0.25, 0.3) is 0 Å². The molecule has 2 saturated carbocycles. The van der Waals surface area contributed by atoms with Gasteiger partial charge in [0.15, 0.2) is 0 Å². The summed E-state index contributed by atoms with van der Waals surface area (Å²) in [6.45, 7) is 2.86. The zero-order valence-corrected chi connectivity index (χ0v) is 7.58. The second-order valence-electron chi connectivity index (χ2n) is 4.02. The third-order valence-corrected chi connectivity index (χ3v) is 3.18. The van der Waals surface area contributed by atoms with Crippen molar-refractivity contribution in [1.29, 1.82) is 0 Å². The molecule has 2 aliphatic carbocycles. The van der Waals surface area contributed by atoms with Crippen LogP contribution in [0, 0.1) is 11.8 Å². The largest absolute Gasteiger partial charge is 0.378 e. The van der Waals surface area contributed by atoms with Crippen molar-refractivity contribution in [3.63, 3.8) is 0 Å². The lowest BCUT2D eigenvalue weighted by molar-refractivity contribution is -0.118. The lowest BCUT2D eigenvalue weighted by atomic mass is 10.0. The molecule has 0 radical (unpaired) electrons. The fourth-order valence-corrected chi connectivity index (χ4v) is 2.70. The molecule has 0 heterocycles. The Balaban J connectivity index is 1.89. The molecule has 0 saturated heterocycles. The van der Waals surface area contributed by atoms with Crippen LogP contribution in [0.2, 0.25) is 0 Å². The van der Waals surface area contributed by atoms with Gasteiger partial charge in [-0.2, -0.15) is 0 Å². The maximum atomic E-state index is 11.1. The van der Waals surface area contributed by atoms with E-state index in [0.717, 1.165) is 32.3 Å². The summed E-state index contributed by atoms with van der Waals surface area (Å²) in [5.41, 5.74) is 0. The summed E-state index contributed by atoms with van der Waals surface area (Å²) in [5, 5.41) is 0. The number of rotatable bonds is 2. The smallest absolute Gasteiger partial charge is 0.133 e. The summed E-state index contributed by atoms with van der Waals surface area (Å²) in [7, 11) is 0. The van der Waals surface area contributed by atoms with Crippen LogP contribution in [0.3, 0.4) is 0 Å². The number of fused-ring (bicyclic) bond motifs is 1. The Kier molecular flexibility index (Phi) is 2.18. The van der Waals surface area contributed by atoms with Gasteiger partial charge in [-0.1, -0.05) is 0 Å². The van der Waals surface area contributed by atoms with Gasteiger partial charge in [0.05, 0.1) is 6.10 Å². The zero-order chi connectivity index (χ0) is 8.55. The van der Waals surface area contributed by atoms with E-state index in [2.05, 4.69) is 0 Å². The van der Waals surface area contributed by atoms with Crippen LogP contribution >= 0.6 is 0 Å². The molecule has 0 amide bonds. The van der Waals surface area contributed by atoms with Gasteiger partial charge in [0, 0.05) is 19.4 Å². The minimum atomic E-state index is 0.457. The molecule has 0 aromatic heterocycles. The van der Waals surface area contributed by atoms with Gasteiger partial charge < -0.3 is 4.74 Å². The van der Waals surface area contributed by atoms with E-state index in [1.54, 1.807) is 0 Å². The first-order valence-electron chi connectivity index (χ1n) is 4.93. The van der Waals surface area contributed by atoms with Crippen LogP contribution < -0.4 is 0 Å². The molecule has 2 rings (SSSR count). The molecule has 0 aromatic rings. The molecule has 0 aliphatic heterocycles. The standard InChI is InChI=1S/C10H16O2/c1-2-12-10-5-7-3-9(11)4-8(7)6-10/h7-8,10H,2-6H2,1H3/t7-,8+,10+. The van der Waals surface area contributed by atoms with Gasteiger partial charge in [0.1, 0.15) is 5.78 Å². The minimum absolute atomic E-state index is 0.457. The number of hydrogen-bond donors (Lipinski definition) is 0. The molecule has 0 aromatic carbocycles. The number of hydrogen-bond acceptors (Lipinski definition) is 2. The van der Waals surface area contributed by atoms with E-state index < -0.39 is 0 Å². The van der Waals surface area contributed by atoms with Gasteiger partial charge in [-0.15, -0.1) is 0 Å². The van der Waals surface area contributed by atoms with E-state index in [1.807, 2.05) is 6.92 Å². The van der Waals surface area contributed by atoms with Crippen LogP contribution in [-0.4, -0.2) is 18.5 Å². The van der Waals surface area contributed by atoms with Crippen LogP contribution in [0.1, 0.15) is 32.6 Å². The maximum absolute atomic E-state index is 11.1. The van der Waals surface area contributed by atoms with Crippen LogP contribution in [0.4, 0.5) is 0 Å². The highest BCUT2D eigenvalue weighted by Gasteiger charge is 2.41. The van der Waals surface area contributed by atoms with Crippen LogP contribution in [0.5, 0.6) is 0 Å². The summed E-state index contributed by atoms with van der Waals surface area (Å²) in [6.07, 6.45) is 4.37. The van der Waals surface area contributed by atoms with Crippen molar-refractivity contribution in [3.05, 3.63) is 0 Å². The van der Waals surface area contributed by atoms with Crippen LogP contribution in [0.25, 0.3) is 0 Å². The number of carbonyl (C=O) groups excluding carboxylic acids is 1. The average Bonchev–Trinajstić information content (AvgIpc) is 2.44. The molecule has 3 atom stereocenters. The second kappa shape index (κ2) is 3.17. The lowest BCUT2D eigenvalue weighted by Gasteiger charge is -2.09. The van der Waals surface area contributed by atoms with Crippen LogP contribution in [-0.2, 0) is 9.53 Å². The van der Waals surface area contributed by atoms with Crippen molar-refractivity contribution in [2.75, 3.05) is 6.61 Å². The Bertz CT molecular complexity index is 172. The number of ether oxygens (including phenoxy) is 1. The fourth-order valence-electron chi connectivity index (χ4n) is 2.70. The Morgan fingerprint density at radius 1 is 1.33 bits per heavy atom. The first-order chi connectivity index (χ1) is 5.79. The molecule has 2 aliphatic rings. The summed E-state index contributed by atoms with van der Waals surface area (Å²) in [6, 6.07) is 0. The maximum Gasteiger partial charge on any atom is 0.133 e. The Morgan fingerprint density at radius 3 is 2.42 bits per heavy atom. The molecule has 0 spiro atoms. The fraction of sp³-hybridized carbons (Fsp3) is 0.900. The van der Waals surface area contributed by atoms with Gasteiger partial charge in [-0.25, -0.2) is 0 Å². The summed E-state index contributed by atoms with van der Waals surface area (Å²) in [5.74, 6) is 1.79. The van der Waals surface area contributed by atoms with Gasteiger partial charge in [-0.3, -0.25) is 4.79 Å². The third-order valence-electron chi connectivity index (χ3n) is 3.18. The molecule has 2 nitrogen and oxygen atoms in total. The Morgan fingerprint density at radius 2 is 1.92 bits per heavy atom. The molecular weight excluding hydrogens is 152 g/mol. The monoisotopic (exact) mass is 168 g/mol. The molecular formula is C10H16O2. The minimum Gasteiger partial charge on any atom is -0.378 e. The molecule has 12 heavy (non-hydrogen) atoms. The molecule has 2 fully saturated rings. The lowest BCUT2D eigenvalue weighted by Crippen LogP contribution is -2.09. The highest BCUT2D eigenvalue weighted by Crippen LogP contribution is 2.43. The van der Waals surface area contributed by atoms with Gasteiger partial charge in [0.2, 0.25) is 0 Å². The first-order valence-corrected chi connectivity index (χ1v) is 4.93. The highest BCUT2D eigenvalue weighted by atomic mass is 16.5. The van der Waals surface area contributed by atoms with Crippen molar-refractivity contribution in [1.82, 2.24) is 0 Å². The number of carbonyl (C=O) groups is 1. The van der Waals surface area contributed by atoms with E-state index in [-0.39, 0.29) is 0 Å².